The number of oxazole rings is 1. The number of nitrogens with one attached hydrogen (secondary N) is 2. The average molecular weight is 400 g/mol. The van der Waals surface area contributed by atoms with Gasteiger partial charge in [-0.25, -0.2) is 22.9 Å². The van der Waals surface area contributed by atoms with Crippen molar-refractivity contribution >= 4 is 32.2 Å². The Balaban J connectivity index is 1.54. The van der Waals surface area contributed by atoms with Crippen molar-refractivity contribution in [3.8, 4) is 0 Å². The van der Waals surface area contributed by atoms with Gasteiger partial charge in [0, 0.05) is 25.1 Å². The Morgan fingerprint density at radius 2 is 2.00 bits per heavy atom. The number of hydrogen-bond donors (Lipinski definition) is 2. The largest absolute Gasteiger partial charge is 0.417 e. The summed E-state index contributed by atoms with van der Waals surface area (Å²) in [6.07, 6.45) is 0.452. The molecular weight excluding hydrogens is 380 g/mol. The van der Waals surface area contributed by atoms with E-state index in [0.29, 0.717) is 11.9 Å². The topological polar surface area (TPSA) is 110 Å². The van der Waals surface area contributed by atoms with Crippen LogP contribution in [0.25, 0.3) is 22.1 Å². The number of benzene rings is 2. The predicted molar refractivity (Wildman–Crippen MR) is 106 cm³/mol. The molecule has 4 aromatic rings. The van der Waals surface area contributed by atoms with Crippen molar-refractivity contribution < 1.29 is 12.8 Å². The first-order valence-electron chi connectivity index (χ1n) is 8.93. The lowest BCUT2D eigenvalue weighted by Gasteiger charge is -2.13. The molecule has 0 aliphatic rings. The highest BCUT2D eigenvalue weighted by atomic mass is 32.2. The zero-order chi connectivity index (χ0) is 19.9. The minimum absolute atomic E-state index is 0.0418. The van der Waals surface area contributed by atoms with E-state index >= 15 is 0 Å². The summed E-state index contributed by atoms with van der Waals surface area (Å²) in [5, 5.41) is 0. The number of aromatic nitrogens is 3. The second kappa shape index (κ2) is 6.92. The van der Waals surface area contributed by atoms with Crippen molar-refractivity contribution in [3.63, 3.8) is 0 Å². The molecule has 0 unspecified atom stereocenters. The maximum atomic E-state index is 12.6. The van der Waals surface area contributed by atoms with Crippen LogP contribution in [0.15, 0.2) is 56.6 Å². The van der Waals surface area contributed by atoms with E-state index in [1.807, 2.05) is 24.3 Å². The molecule has 4 rings (SSSR count). The SMILES string of the molecule is CC(C)n1c(CCNS(=O)(=O)c2ccc3[nH]c(=O)oc3c2)nc2ccccc21. The fraction of sp³-hybridized carbons (Fsp3) is 0.263. The lowest BCUT2D eigenvalue weighted by molar-refractivity contribution is 0.552. The van der Waals surface area contributed by atoms with Crippen LogP contribution in [-0.2, 0) is 16.4 Å². The molecule has 0 radical (unpaired) electrons. The van der Waals surface area contributed by atoms with Gasteiger partial charge in [0.25, 0.3) is 0 Å². The minimum atomic E-state index is -3.74. The maximum Gasteiger partial charge on any atom is 0.417 e. The molecule has 8 nitrogen and oxygen atoms in total. The molecule has 0 atom stereocenters. The third-order valence-electron chi connectivity index (χ3n) is 4.53. The van der Waals surface area contributed by atoms with Gasteiger partial charge in [0.1, 0.15) is 5.82 Å². The van der Waals surface area contributed by atoms with Crippen LogP contribution < -0.4 is 10.5 Å². The van der Waals surface area contributed by atoms with Crippen molar-refractivity contribution in [2.45, 2.75) is 31.2 Å². The number of para-hydroxylation sites is 2. The Labute approximate surface area is 161 Å². The van der Waals surface area contributed by atoms with Crippen LogP contribution in [-0.4, -0.2) is 29.5 Å². The Hall–Kier alpha value is -2.91. The summed E-state index contributed by atoms with van der Waals surface area (Å²) in [5.74, 6) is 0.205. The van der Waals surface area contributed by atoms with Crippen LogP contribution in [0.5, 0.6) is 0 Å². The molecule has 0 saturated carbocycles. The fourth-order valence-corrected chi connectivity index (χ4v) is 4.37. The minimum Gasteiger partial charge on any atom is -0.408 e. The third kappa shape index (κ3) is 3.34. The Morgan fingerprint density at radius 1 is 1.21 bits per heavy atom. The molecule has 9 heteroatoms. The Morgan fingerprint density at radius 3 is 2.79 bits per heavy atom. The molecule has 0 bridgehead atoms. The number of aromatic amines is 1. The summed E-state index contributed by atoms with van der Waals surface area (Å²) >= 11 is 0. The molecule has 0 aliphatic heterocycles. The molecule has 0 amide bonds. The first kappa shape index (κ1) is 18.5. The molecular formula is C19H20N4O4S. The highest BCUT2D eigenvalue weighted by molar-refractivity contribution is 7.89. The summed E-state index contributed by atoms with van der Waals surface area (Å²) < 4.78 is 34.8. The molecule has 0 spiro atoms. The third-order valence-corrected chi connectivity index (χ3v) is 5.99. The van der Waals surface area contributed by atoms with Crippen molar-refractivity contribution in [1.29, 1.82) is 0 Å². The molecule has 0 aliphatic carbocycles. The number of nitrogens with zero attached hydrogens (tertiary/aromatic N) is 2. The summed E-state index contributed by atoms with van der Waals surface area (Å²) in [5.41, 5.74) is 2.58. The highest BCUT2D eigenvalue weighted by Gasteiger charge is 2.17. The number of rotatable bonds is 6. The van der Waals surface area contributed by atoms with Crippen molar-refractivity contribution in [3.05, 3.63) is 58.8 Å². The fourth-order valence-electron chi connectivity index (χ4n) is 3.32. The van der Waals surface area contributed by atoms with Gasteiger partial charge in [0.2, 0.25) is 10.0 Å². The van der Waals surface area contributed by atoms with E-state index in [1.54, 1.807) is 0 Å². The molecule has 0 saturated heterocycles. The normalized spacial score (nSPS) is 12.4. The second-order valence-electron chi connectivity index (χ2n) is 6.80. The summed E-state index contributed by atoms with van der Waals surface area (Å²) in [7, 11) is -3.74. The number of sulfonamides is 1. The van der Waals surface area contributed by atoms with E-state index in [1.165, 1.54) is 18.2 Å². The summed E-state index contributed by atoms with van der Waals surface area (Å²) in [6.45, 7) is 4.34. The summed E-state index contributed by atoms with van der Waals surface area (Å²) in [4.78, 5) is 18.4. The van der Waals surface area contributed by atoms with E-state index in [9.17, 15) is 13.2 Å². The first-order chi connectivity index (χ1) is 13.3. The lowest BCUT2D eigenvalue weighted by atomic mass is 10.3. The van der Waals surface area contributed by atoms with Gasteiger partial charge in [-0.05, 0) is 38.1 Å². The van der Waals surface area contributed by atoms with Gasteiger partial charge in [0.05, 0.1) is 21.4 Å². The monoisotopic (exact) mass is 400 g/mol. The molecule has 2 aromatic heterocycles. The molecule has 2 heterocycles. The van der Waals surface area contributed by atoms with Crippen LogP contribution >= 0.6 is 0 Å². The summed E-state index contributed by atoms with van der Waals surface area (Å²) in [6, 6.07) is 12.3. The van der Waals surface area contributed by atoms with Gasteiger partial charge in [-0.1, -0.05) is 12.1 Å². The molecule has 28 heavy (non-hydrogen) atoms. The van der Waals surface area contributed by atoms with Gasteiger partial charge >= 0.3 is 5.76 Å². The van der Waals surface area contributed by atoms with Crippen LogP contribution in [0.2, 0.25) is 0 Å². The van der Waals surface area contributed by atoms with Gasteiger partial charge in [-0.2, -0.15) is 0 Å². The molecule has 2 N–H and O–H groups in total. The molecule has 0 fully saturated rings. The van der Waals surface area contributed by atoms with Gasteiger partial charge in [-0.15, -0.1) is 0 Å². The second-order valence-corrected chi connectivity index (χ2v) is 8.57. The quantitative estimate of drug-likeness (QED) is 0.517. The first-order valence-corrected chi connectivity index (χ1v) is 10.4. The lowest BCUT2D eigenvalue weighted by Crippen LogP contribution is -2.26. The maximum absolute atomic E-state index is 12.6. The van der Waals surface area contributed by atoms with E-state index in [2.05, 4.69) is 33.1 Å². The number of H-pyrrole nitrogens is 1. The molecule has 146 valence electrons. The predicted octanol–water partition coefficient (Wildman–Crippen LogP) is 2.57. The van der Waals surface area contributed by atoms with Crippen LogP contribution in [0.3, 0.4) is 0 Å². The average Bonchev–Trinajstić information content (AvgIpc) is 3.19. The zero-order valence-electron chi connectivity index (χ0n) is 15.5. The van der Waals surface area contributed by atoms with Gasteiger partial charge < -0.3 is 8.98 Å². The Kier molecular flexibility index (Phi) is 4.56. The smallest absolute Gasteiger partial charge is 0.408 e. The van der Waals surface area contributed by atoms with Crippen molar-refractivity contribution in [2.24, 2.45) is 0 Å². The van der Waals surface area contributed by atoms with E-state index < -0.39 is 15.8 Å². The van der Waals surface area contributed by atoms with Gasteiger partial charge in [-0.3, -0.25) is 4.98 Å². The van der Waals surface area contributed by atoms with Crippen LogP contribution in [0.1, 0.15) is 25.7 Å². The zero-order valence-corrected chi connectivity index (χ0v) is 16.3. The molecule has 2 aromatic carbocycles. The highest BCUT2D eigenvalue weighted by Crippen LogP contribution is 2.21. The van der Waals surface area contributed by atoms with E-state index in [0.717, 1.165) is 16.9 Å². The van der Waals surface area contributed by atoms with Crippen LogP contribution in [0, 0.1) is 0 Å². The van der Waals surface area contributed by atoms with Crippen molar-refractivity contribution in [1.82, 2.24) is 19.3 Å². The van der Waals surface area contributed by atoms with E-state index in [4.69, 9.17) is 4.42 Å². The van der Waals surface area contributed by atoms with E-state index in [-0.39, 0.29) is 23.1 Å². The Bertz CT molecular complexity index is 1310. The standard InChI is InChI=1S/C19H20N4O4S/c1-12(2)23-16-6-4-3-5-14(16)21-18(23)9-10-20-28(25,26)13-7-8-15-17(11-13)27-19(24)22-15/h3-8,11-12,20H,9-10H2,1-2H3,(H,22,24). The number of imidazole rings is 1. The number of hydrogen-bond acceptors (Lipinski definition) is 5. The van der Waals surface area contributed by atoms with Crippen LogP contribution in [0.4, 0.5) is 0 Å². The van der Waals surface area contributed by atoms with Crippen molar-refractivity contribution in [2.75, 3.05) is 6.54 Å². The number of fused-ring (bicyclic) bond motifs is 2. The van der Waals surface area contributed by atoms with Gasteiger partial charge in [0.15, 0.2) is 5.58 Å².